The standard InChI is InChI=1S/C18H21FN2O5/c1-4-18(5-2)16(24)21(17(25)20-18)10-14(22)26-11(3)15(23)12-6-8-13(19)9-7-12/h6-9,11H,4-5,10H2,1-3H3,(H,20,25)/t11-/m1/s1. The number of hydrogen-bond acceptors (Lipinski definition) is 5. The molecule has 8 heteroatoms. The molecule has 7 nitrogen and oxygen atoms in total. The van der Waals surface area contributed by atoms with Crippen molar-refractivity contribution in [2.45, 2.75) is 45.3 Å². The van der Waals surface area contributed by atoms with E-state index in [9.17, 15) is 23.6 Å². The van der Waals surface area contributed by atoms with Crippen molar-refractivity contribution in [3.05, 3.63) is 35.6 Å². The summed E-state index contributed by atoms with van der Waals surface area (Å²) in [6, 6.07) is 4.17. The SMILES string of the molecule is CCC1(CC)NC(=O)N(CC(=O)O[C@H](C)C(=O)c2ccc(F)cc2)C1=O. The number of esters is 1. The van der Waals surface area contributed by atoms with Crippen LogP contribution in [0.3, 0.4) is 0 Å². The summed E-state index contributed by atoms with van der Waals surface area (Å²) < 4.78 is 17.9. The molecular weight excluding hydrogens is 343 g/mol. The van der Waals surface area contributed by atoms with Gasteiger partial charge in [0.1, 0.15) is 17.9 Å². The third kappa shape index (κ3) is 3.74. The molecule has 1 saturated heterocycles. The number of carbonyl (C=O) groups excluding carboxylic acids is 4. The van der Waals surface area contributed by atoms with Gasteiger partial charge >= 0.3 is 12.0 Å². The number of rotatable bonds is 7. The van der Waals surface area contributed by atoms with Crippen molar-refractivity contribution in [3.8, 4) is 0 Å². The van der Waals surface area contributed by atoms with Crippen molar-refractivity contribution in [2.24, 2.45) is 0 Å². The molecule has 0 radical (unpaired) electrons. The normalized spacial score (nSPS) is 17.0. The zero-order chi connectivity index (χ0) is 19.5. The van der Waals surface area contributed by atoms with E-state index >= 15 is 0 Å². The summed E-state index contributed by atoms with van der Waals surface area (Å²) in [5.74, 6) is -2.35. The molecule has 26 heavy (non-hydrogen) atoms. The van der Waals surface area contributed by atoms with Crippen LogP contribution in [0.1, 0.15) is 44.0 Å². The van der Waals surface area contributed by atoms with Gasteiger partial charge < -0.3 is 10.1 Å². The molecule has 1 heterocycles. The van der Waals surface area contributed by atoms with E-state index in [-0.39, 0.29) is 5.56 Å². The first kappa shape index (κ1) is 19.6. The molecule has 0 aromatic heterocycles. The fourth-order valence-corrected chi connectivity index (χ4v) is 2.81. The van der Waals surface area contributed by atoms with Crippen molar-refractivity contribution in [1.82, 2.24) is 10.2 Å². The van der Waals surface area contributed by atoms with Crippen LogP contribution >= 0.6 is 0 Å². The molecule has 0 aliphatic carbocycles. The molecule has 140 valence electrons. The lowest BCUT2D eigenvalue weighted by molar-refractivity contribution is -0.150. The van der Waals surface area contributed by atoms with Crippen molar-refractivity contribution < 1.29 is 28.3 Å². The Kier molecular flexibility index (Phi) is 5.74. The van der Waals surface area contributed by atoms with Crippen molar-refractivity contribution in [1.29, 1.82) is 0 Å². The van der Waals surface area contributed by atoms with Crippen LogP contribution in [-0.2, 0) is 14.3 Å². The maximum atomic E-state index is 12.9. The fraction of sp³-hybridized carbons (Fsp3) is 0.444. The number of Topliss-reactive ketones (excluding diaryl/α,β-unsaturated/α-hetero) is 1. The van der Waals surface area contributed by atoms with E-state index in [1.54, 1.807) is 13.8 Å². The highest BCUT2D eigenvalue weighted by Crippen LogP contribution is 2.24. The molecule has 0 spiro atoms. The second-order valence-corrected chi connectivity index (χ2v) is 6.11. The minimum Gasteiger partial charge on any atom is -0.453 e. The van der Waals surface area contributed by atoms with E-state index in [4.69, 9.17) is 4.74 Å². The number of ether oxygens (including phenoxy) is 1. The van der Waals surface area contributed by atoms with E-state index in [1.165, 1.54) is 19.1 Å². The minimum absolute atomic E-state index is 0.192. The summed E-state index contributed by atoms with van der Waals surface area (Å²) in [6.45, 7) is 4.34. The summed E-state index contributed by atoms with van der Waals surface area (Å²) in [5.41, 5.74) is -0.815. The third-order valence-electron chi connectivity index (χ3n) is 4.55. The number of nitrogens with one attached hydrogen (secondary N) is 1. The highest BCUT2D eigenvalue weighted by Gasteiger charge is 2.49. The summed E-state index contributed by atoms with van der Waals surface area (Å²) in [5, 5.41) is 2.61. The Morgan fingerprint density at radius 3 is 2.27 bits per heavy atom. The molecule has 1 N–H and O–H groups in total. The molecule has 2 rings (SSSR count). The predicted octanol–water partition coefficient (Wildman–Crippen LogP) is 2.05. The minimum atomic E-state index is -1.13. The van der Waals surface area contributed by atoms with Gasteiger partial charge in [-0.3, -0.25) is 19.3 Å². The van der Waals surface area contributed by atoms with E-state index in [1.807, 2.05) is 0 Å². The molecule has 1 aliphatic rings. The average molecular weight is 364 g/mol. The molecule has 1 atom stereocenters. The zero-order valence-corrected chi connectivity index (χ0v) is 14.9. The lowest BCUT2D eigenvalue weighted by atomic mass is 9.93. The topological polar surface area (TPSA) is 92.8 Å². The Morgan fingerprint density at radius 2 is 1.77 bits per heavy atom. The molecule has 1 aromatic rings. The molecule has 0 saturated carbocycles. The Bertz CT molecular complexity index is 728. The third-order valence-corrected chi connectivity index (χ3v) is 4.55. The van der Waals surface area contributed by atoms with Gasteiger partial charge in [0.15, 0.2) is 6.10 Å². The first-order chi connectivity index (χ1) is 12.2. The number of halogens is 1. The lowest BCUT2D eigenvalue weighted by Crippen LogP contribution is -2.46. The number of carbonyl (C=O) groups is 4. The van der Waals surface area contributed by atoms with Gasteiger partial charge in [0.25, 0.3) is 5.91 Å². The largest absolute Gasteiger partial charge is 0.453 e. The lowest BCUT2D eigenvalue weighted by Gasteiger charge is -2.23. The highest BCUT2D eigenvalue weighted by molar-refractivity contribution is 6.08. The van der Waals surface area contributed by atoms with Crippen LogP contribution in [0.4, 0.5) is 9.18 Å². The van der Waals surface area contributed by atoms with E-state index in [0.29, 0.717) is 12.8 Å². The maximum absolute atomic E-state index is 12.9. The first-order valence-electron chi connectivity index (χ1n) is 8.37. The first-order valence-corrected chi connectivity index (χ1v) is 8.37. The number of amides is 3. The second-order valence-electron chi connectivity index (χ2n) is 6.11. The Morgan fingerprint density at radius 1 is 1.19 bits per heavy atom. The highest BCUT2D eigenvalue weighted by atomic mass is 19.1. The predicted molar refractivity (Wildman–Crippen MR) is 89.8 cm³/mol. The summed E-state index contributed by atoms with van der Waals surface area (Å²) in [7, 11) is 0. The number of imide groups is 1. The van der Waals surface area contributed by atoms with Gasteiger partial charge in [0, 0.05) is 5.56 Å². The van der Waals surface area contributed by atoms with Crippen LogP contribution in [0, 0.1) is 5.82 Å². The number of hydrogen-bond donors (Lipinski definition) is 1. The van der Waals surface area contributed by atoms with Gasteiger partial charge in [0.05, 0.1) is 0 Å². The maximum Gasteiger partial charge on any atom is 0.326 e. The quantitative estimate of drug-likeness (QED) is 0.454. The molecular formula is C18H21FN2O5. The molecule has 1 aromatic carbocycles. The summed E-state index contributed by atoms with van der Waals surface area (Å²) in [4.78, 5) is 49.5. The van der Waals surface area contributed by atoms with E-state index in [0.717, 1.165) is 17.0 Å². The van der Waals surface area contributed by atoms with Crippen LogP contribution in [0.25, 0.3) is 0 Å². The van der Waals surface area contributed by atoms with E-state index < -0.39 is 47.7 Å². The Hall–Kier alpha value is -2.77. The van der Waals surface area contributed by atoms with E-state index in [2.05, 4.69) is 5.32 Å². The number of nitrogens with zero attached hydrogens (tertiary/aromatic N) is 1. The van der Waals surface area contributed by atoms with Crippen LogP contribution < -0.4 is 5.32 Å². The molecule has 0 unspecified atom stereocenters. The molecule has 0 bridgehead atoms. The zero-order valence-electron chi connectivity index (χ0n) is 14.9. The Labute approximate surface area is 150 Å². The van der Waals surface area contributed by atoms with Gasteiger partial charge in [0.2, 0.25) is 5.78 Å². The van der Waals surface area contributed by atoms with Crippen LogP contribution in [0.2, 0.25) is 0 Å². The van der Waals surface area contributed by atoms with Gasteiger partial charge in [-0.1, -0.05) is 13.8 Å². The van der Waals surface area contributed by atoms with Gasteiger partial charge in [-0.05, 0) is 44.0 Å². The monoisotopic (exact) mass is 364 g/mol. The number of ketones is 1. The smallest absolute Gasteiger partial charge is 0.326 e. The second kappa shape index (κ2) is 7.63. The van der Waals surface area contributed by atoms with Gasteiger partial charge in [-0.25, -0.2) is 9.18 Å². The number of urea groups is 1. The number of benzene rings is 1. The Balaban J connectivity index is 2.00. The van der Waals surface area contributed by atoms with Gasteiger partial charge in [-0.15, -0.1) is 0 Å². The molecule has 1 aliphatic heterocycles. The summed E-state index contributed by atoms with van der Waals surface area (Å²) in [6.07, 6.45) is -0.325. The van der Waals surface area contributed by atoms with Crippen LogP contribution in [0.5, 0.6) is 0 Å². The fourth-order valence-electron chi connectivity index (χ4n) is 2.81. The van der Waals surface area contributed by atoms with Gasteiger partial charge in [-0.2, -0.15) is 0 Å². The van der Waals surface area contributed by atoms with Crippen molar-refractivity contribution in [3.63, 3.8) is 0 Å². The molecule has 3 amide bonds. The summed E-state index contributed by atoms with van der Waals surface area (Å²) >= 11 is 0. The molecule has 1 fully saturated rings. The van der Waals surface area contributed by atoms with Crippen LogP contribution in [0.15, 0.2) is 24.3 Å². The van der Waals surface area contributed by atoms with Crippen LogP contribution in [-0.4, -0.2) is 46.8 Å². The average Bonchev–Trinajstić information content (AvgIpc) is 2.86. The van der Waals surface area contributed by atoms with Crippen molar-refractivity contribution >= 4 is 23.7 Å². The van der Waals surface area contributed by atoms with Crippen molar-refractivity contribution in [2.75, 3.05) is 6.54 Å².